The Hall–Kier alpha value is -2.01. The summed E-state index contributed by atoms with van der Waals surface area (Å²) in [7, 11) is -3.91. The van der Waals surface area contributed by atoms with Gasteiger partial charge in [0.15, 0.2) is 0 Å². The Morgan fingerprint density at radius 1 is 1.21 bits per heavy atom. The fourth-order valence-electron chi connectivity index (χ4n) is 3.19. The number of non-ortho nitro benzene ring substituents is 1. The van der Waals surface area contributed by atoms with Crippen LogP contribution in [0.5, 0.6) is 0 Å². The summed E-state index contributed by atoms with van der Waals surface area (Å²) in [5, 5.41) is 14.5. The zero-order chi connectivity index (χ0) is 21.0. The molecular weight excluding hydrogens is 462 g/mol. The average Bonchev–Trinajstić information content (AvgIpc) is 2.73. The minimum absolute atomic E-state index is 0.0934. The van der Waals surface area contributed by atoms with Gasteiger partial charge in [-0.25, -0.2) is 8.42 Å². The van der Waals surface area contributed by atoms with Gasteiger partial charge in [-0.05, 0) is 30.2 Å². The molecule has 1 N–H and O–H groups in total. The molecule has 0 spiro atoms. The maximum atomic E-state index is 13.2. The first-order chi connectivity index (χ1) is 13.8. The molecule has 29 heavy (non-hydrogen) atoms. The number of nitro benzene ring substituents is 1. The van der Waals surface area contributed by atoms with Crippen LogP contribution in [-0.2, 0) is 14.8 Å². The number of nitro groups is 1. The summed E-state index contributed by atoms with van der Waals surface area (Å²) >= 11 is 3.41. The second-order valence-electron chi connectivity index (χ2n) is 6.61. The third-order valence-corrected chi connectivity index (χ3v) is 7.24. The zero-order valence-corrected chi connectivity index (χ0v) is 18.3. The van der Waals surface area contributed by atoms with Crippen molar-refractivity contribution in [1.29, 1.82) is 0 Å². The summed E-state index contributed by atoms with van der Waals surface area (Å²) < 4.78 is 34.0. The van der Waals surface area contributed by atoms with Crippen LogP contribution in [0.15, 0.2) is 51.8 Å². The van der Waals surface area contributed by atoms with Crippen molar-refractivity contribution < 1.29 is 18.1 Å². The molecule has 0 aromatic heterocycles. The van der Waals surface area contributed by atoms with Crippen molar-refractivity contribution in [1.82, 2.24) is 4.31 Å². The lowest BCUT2D eigenvalue weighted by molar-refractivity contribution is -0.385. The van der Waals surface area contributed by atoms with Gasteiger partial charge in [0.1, 0.15) is 4.90 Å². The van der Waals surface area contributed by atoms with Gasteiger partial charge in [-0.15, -0.1) is 0 Å². The van der Waals surface area contributed by atoms with Crippen LogP contribution < -0.4 is 5.32 Å². The largest absolute Gasteiger partial charge is 0.379 e. The summed E-state index contributed by atoms with van der Waals surface area (Å²) in [6.45, 7) is 3.02. The Kier molecular flexibility index (Phi) is 6.89. The van der Waals surface area contributed by atoms with Gasteiger partial charge in [-0.1, -0.05) is 35.0 Å². The van der Waals surface area contributed by atoms with E-state index in [1.165, 1.54) is 16.4 Å². The first-order valence-corrected chi connectivity index (χ1v) is 11.4. The molecule has 1 atom stereocenters. The number of benzene rings is 2. The summed E-state index contributed by atoms with van der Waals surface area (Å²) in [6.07, 6.45) is 0.704. The molecule has 2 aromatic carbocycles. The Balaban J connectivity index is 2.01. The third kappa shape index (κ3) is 4.95. The molecule has 1 aliphatic rings. The highest BCUT2D eigenvalue weighted by molar-refractivity contribution is 9.10. The Bertz CT molecular complexity index is 976. The van der Waals surface area contributed by atoms with Gasteiger partial charge in [0.05, 0.1) is 29.9 Å². The fraction of sp³-hybridized carbons (Fsp3) is 0.368. The molecule has 0 radical (unpaired) electrons. The standard InChI is InChI=1S/C19H22BrN3O5S/c1-2-17(14-3-5-15(20)6-4-14)21-18-8-7-16(23(24)25)13-19(18)29(26,27)22-9-11-28-12-10-22/h3-8,13,17,21H,2,9-12H2,1H3/t17-/m0/s1. The van der Waals surface area contributed by atoms with E-state index < -0.39 is 14.9 Å². The van der Waals surface area contributed by atoms with E-state index in [9.17, 15) is 18.5 Å². The van der Waals surface area contributed by atoms with E-state index in [1.54, 1.807) is 0 Å². The normalized spacial score (nSPS) is 16.3. The molecule has 0 aliphatic carbocycles. The highest BCUT2D eigenvalue weighted by atomic mass is 79.9. The lowest BCUT2D eigenvalue weighted by Crippen LogP contribution is -2.40. The smallest absolute Gasteiger partial charge is 0.270 e. The molecule has 0 bridgehead atoms. The van der Waals surface area contributed by atoms with E-state index in [2.05, 4.69) is 21.2 Å². The Morgan fingerprint density at radius 3 is 2.45 bits per heavy atom. The van der Waals surface area contributed by atoms with Crippen LogP contribution in [0.2, 0.25) is 0 Å². The number of hydrogen-bond acceptors (Lipinski definition) is 6. The SMILES string of the molecule is CC[C@H](Nc1ccc([N+](=O)[O-])cc1S(=O)(=O)N1CCOCC1)c1ccc(Br)cc1. The molecule has 1 aliphatic heterocycles. The highest BCUT2D eigenvalue weighted by Crippen LogP contribution is 2.33. The molecule has 156 valence electrons. The molecule has 8 nitrogen and oxygen atoms in total. The number of rotatable bonds is 7. The molecule has 0 saturated carbocycles. The predicted octanol–water partition coefficient (Wildman–Crippen LogP) is 3.94. The number of ether oxygens (including phenoxy) is 1. The number of anilines is 1. The number of nitrogens with one attached hydrogen (secondary N) is 1. The predicted molar refractivity (Wildman–Crippen MR) is 113 cm³/mol. The van der Waals surface area contributed by atoms with E-state index in [-0.39, 0.29) is 29.7 Å². The van der Waals surface area contributed by atoms with E-state index >= 15 is 0 Å². The van der Waals surface area contributed by atoms with E-state index in [0.717, 1.165) is 16.1 Å². The van der Waals surface area contributed by atoms with Crippen LogP contribution in [0.1, 0.15) is 24.9 Å². The van der Waals surface area contributed by atoms with Crippen LogP contribution in [0, 0.1) is 10.1 Å². The minimum atomic E-state index is -3.91. The summed E-state index contributed by atoms with van der Waals surface area (Å²) in [4.78, 5) is 10.6. The molecule has 1 fully saturated rings. The van der Waals surface area contributed by atoms with Crippen LogP contribution in [0.3, 0.4) is 0 Å². The number of nitrogens with zero attached hydrogens (tertiary/aromatic N) is 2. The van der Waals surface area contributed by atoms with Crippen molar-refractivity contribution in [2.45, 2.75) is 24.3 Å². The zero-order valence-electron chi connectivity index (χ0n) is 15.9. The van der Waals surface area contributed by atoms with Gasteiger partial charge in [0.2, 0.25) is 10.0 Å². The number of halogens is 1. The van der Waals surface area contributed by atoms with Crippen molar-refractivity contribution in [2.24, 2.45) is 0 Å². The number of sulfonamides is 1. The molecule has 1 heterocycles. The Morgan fingerprint density at radius 2 is 1.86 bits per heavy atom. The first kappa shape index (κ1) is 21.7. The molecule has 3 rings (SSSR count). The number of hydrogen-bond donors (Lipinski definition) is 1. The van der Waals surface area contributed by atoms with E-state index in [0.29, 0.717) is 25.3 Å². The topological polar surface area (TPSA) is 102 Å². The van der Waals surface area contributed by atoms with Crippen LogP contribution in [-0.4, -0.2) is 43.9 Å². The van der Waals surface area contributed by atoms with Gasteiger partial charge in [-0.3, -0.25) is 10.1 Å². The molecule has 1 saturated heterocycles. The molecule has 0 amide bonds. The lowest BCUT2D eigenvalue weighted by atomic mass is 10.0. The molecule has 10 heteroatoms. The first-order valence-electron chi connectivity index (χ1n) is 9.21. The van der Waals surface area contributed by atoms with Crippen molar-refractivity contribution in [3.63, 3.8) is 0 Å². The van der Waals surface area contributed by atoms with Gasteiger partial charge >= 0.3 is 0 Å². The summed E-state index contributed by atoms with van der Waals surface area (Å²) in [5.41, 5.74) is 1.07. The fourth-order valence-corrected chi connectivity index (χ4v) is 5.03. The van der Waals surface area contributed by atoms with Gasteiger partial charge in [0.25, 0.3) is 5.69 Å². The third-order valence-electron chi connectivity index (χ3n) is 4.77. The summed E-state index contributed by atoms with van der Waals surface area (Å²) in [5.74, 6) is 0. The second kappa shape index (κ2) is 9.21. The van der Waals surface area contributed by atoms with Crippen molar-refractivity contribution in [3.8, 4) is 0 Å². The van der Waals surface area contributed by atoms with E-state index in [1.807, 2.05) is 31.2 Å². The highest BCUT2D eigenvalue weighted by Gasteiger charge is 2.31. The molecular formula is C19H22BrN3O5S. The maximum absolute atomic E-state index is 13.2. The quantitative estimate of drug-likeness (QED) is 0.472. The second-order valence-corrected chi connectivity index (χ2v) is 9.43. The van der Waals surface area contributed by atoms with Crippen LogP contribution in [0.4, 0.5) is 11.4 Å². The Labute approximate surface area is 178 Å². The maximum Gasteiger partial charge on any atom is 0.270 e. The minimum Gasteiger partial charge on any atom is -0.379 e. The summed E-state index contributed by atoms with van der Waals surface area (Å²) in [6, 6.07) is 11.5. The van der Waals surface area contributed by atoms with Crippen molar-refractivity contribution in [2.75, 3.05) is 31.6 Å². The monoisotopic (exact) mass is 483 g/mol. The van der Waals surface area contributed by atoms with Crippen molar-refractivity contribution in [3.05, 3.63) is 62.6 Å². The van der Waals surface area contributed by atoms with Gasteiger partial charge in [0, 0.05) is 29.7 Å². The van der Waals surface area contributed by atoms with Crippen molar-refractivity contribution >= 4 is 37.3 Å². The van der Waals surface area contributed by atoms with Gasteiger partial charge < -0.3 is 10.1 Å². The lowest BCUT2D eigenvalue weighted by Gasteiger charge is -2.28. The van der Waals surface area contributed by atoms with Crippen LogP contribution >= 0.6 is 15.9 Å². The van der Waals surface area contributed by atoms with E-state index in [4.69, 9.17) is 4.74 Å². The van der Waals surface area contributed by atoms with Gasteiger partial charge in [-0.2, -0.15) is 4.31 Å². The average molecular weight is 484 g/mol. The molecule has 0 unspecified atom stereocenters. The number of morpholine rings is 1. The van der Waals surface area contributed by atoms with Crippen LogP contribution in [0.25, 0.3) is 0 Å². The molecule has 2 aromatic rings.